The number of likely N-dealkylation sites (N-methyl/N-ethyl adjacent to an activating group) is 1. The smallest absolute Gasteiger partial charge is 0.348 e. The van der Waals surface area contributed by atoms with Crippen LogP contribution in [0.4, 0.5) is 0 Å². The quantitative estimate of drug-likeness (QED) is 0.00657. The number of nitrogens with zero attached hydrogens (tertiary/aromatic N) is 10. The maximum absolute atomic E-state index is 14.0. The summed E-state index contributed by atoms with van der Waals surface area (Å²) in [7, 11) is 4.05. The lowest BCUT2D eigenvalue weighted by atomic mass is 9.84. The maximum atomic E-state index is 14.0. The van der Waals surface area contributed by atoms with Crippen LogP contribution in [0, 0.1) is 5.92 Å². The Hall–Kier alpha value is -11.4. The number of fused-ring (bicyclic) bond motifs is 3. The van der Waals surface area contributed by atoms with Crippen molar-refractivity contribution in [3.8, 4) is 11.4 Å². The van der Waals surface area contributed by atoms with E-state index in [1.54, 1.807) is 66.9 Å². The minimum absolute atomic E-state index is 0.00839. The Balaban J connectivity index is 0.000000201. The molecule has 0 unspecified atom stereocenters. The van der Waals surface area contributed by atoms with Gasteiger partial charge in [-0.3, -0.25) is 48.3 Å². The molecule has 680 valence electrons. The van der Waals surface area contributed by atoms with Gasteiger partial charge in [-0.2, -0.15) is 0 Å². The van der Waals surface area contributed by atoms with Crippen LogP contribution >= 0.6 is 12.2 Å². The number of morpholine rings is 2. The monoisotopic (exact) mass is 1770 g/mol. The Morgan fingerprint density at radius 1 is 0.477 bits per heavy atom. The van der Waals surface area contributed by atoms with Crippen LogP contribution in [0.5, 0.6) is 0 Å². The number of esters is 1. The molecule has 2 aliphatic heterocycles. The molecule has 29 heteroatoms. The molecule has 3 aromatic heterocycles. The zero-order chi connectivity index (χ0) is 92.4. The van der Waals surface area contributed by atoms with Gasteiger partial charge in [0.1, 0.15) is 17.1 Å². The molecule has 1 saturated carbocycles. The molecule has 0 bridgehead atoms. The van der Waals surface area contributed by atoms with Gasteiger partial charge in [-0.1, -0.05) is 161 Å². The average molecular weight is 1770 g/mol. The van der Waals surface area contributed by atoms with Gasteiger partial charge in [-0.25, -0.2) is 14.4 Å². The Bertz CT molecular complexity index is 5520. The third-order valence-corrected chi connectivity index (χ3v) is 24.5. The number of oxime groups is 3. The van der Waals surface area contributed by atoms with Crippen LogP contribution in [-0.4, -0.2) is 238 Å². The van der Waals surface area contributed by atoms with Crippen LogP contribution in [0.2, 0.25) is 0 Å². The Morgan fingerprint density at radius 3 is 1.44 bits per heavy atom. The number of methoxy groups -OCH3 is 3. The van der Waals surface area contributed by atoms with Gasteiger partial charge < -0.3 is 56.8 Å². The van der Waals surface area contributed by atoms with E-state index in [0.717, 1.165) is 77.5 Å². The molecule has 0 atom stereocenters. The summed E-state index contributed by atoms with van der Waals surface area (Å²) in [5, 5.41) is 14.1. The first kappa shape index (κ1) is 98.8. The second-order valence-corrected chi connectivity index (χ2v) is 33.2. The first-order chi connectivity index (χ1) is 61.5. The van der Waals surface area contributed by atoms with Crippen LogP contribution < -0.4 is 0 Å². The number of aromatic nitrogens is 3. The van der Waals surface area contributed by atoms with Crippen LogP contribution in [0.25, 0.3) is 44.1 Å². The molecule has 0 spiro atoms. The number of carbonyl (C=O) groups excluding carboxylic acids is 10. The first-order valence-electron chi connectivity index (χ1n) is 44.0. The second-order valence-electron chi connectivity index (χ2n) is 32.6. The van der Waals surface area contributed by atoms with E-state index in [2.05, 4.69) is 48.8 Å². The lowest BCUT2D eigenvalue weighted by Crippen LogP contribution is -2.54. The van der Waals surface area contributed by atoms with Crippen molar-refractivity contribution < 1.29 is 86.1 Å². The average Bonchev–Trinajstić information content (AvgIpc) is 1.58. The topological polar surface area (TPSA) is 309 Å². The summed E-state index contributed by atoms with van der Waals surface area (Å²) in [6.07, 6.45) is 11.7. The number of carbonyl (C=O) groups is 10. The van der Waals surface area contributed by atoms with Crippen molar-refractivity contribution in [1.82, 2.24) is 33.3 Å². The third kappa shape index (κ3) is 24.1. The highest BCUT2D eigenvalue weighted by Crippen LogP contribution is 2.37. The molecule has 0 N–H and O–H groups in total. The molecule has 2 saturated heterocycles. The number of Topliss-reactive ketones (excluding diaryl/α,β-unsaturated/α-hetero) is 6. The molecule has 128 heavy (non-hydrogen) atoms. The molecule has 9 aromatic rings. The van der Waals surface area contributed by atoms with Crippen molar-refractivity contribution in [2.45, 2.75) is 164 Å². The first-order valence-corrected chi connectivity index (χ1v) is 44.4. The normalized spacial score (nSPS) is 14.7. The molecule has 6 aromatic carbocycles. The van der Waals surface area contributed by atoms with E-state index < -0.39 is 52.9 Å². The van der Waals surface area contributed by atoms with Gasteiger partial charge in [0.25, 0.3) is 5.79 Å². The molecular formula is C99H120N10O18S. The van der Waals surface area contributed by atoms with Crippen LogP contribution in [0.15, 0.2) is 180 Å². The number of ketones is 6. The Kier molecular flexibility index (Phi) is 35.9. The van der Waals surface area contributed by atoms with Crippen molar-refractivity contribution in [2.24, 2.45) is 21.4 Å². The fourth-order valence-corrected chi connectivity index (χ4v) is 16.4. The van der Waals surface area contributed by atoms with Crippen LogP contribution in [0.1, 0.15) is 208 Å². The molecule has 1 aliphatic carbocycles. The highest BCUT2D eigenvalue weighted by atomic mass is 32.1. The Labute approximate surface area is 753 Å². The minimum Gasteiger partial charge on any atom is -0.469 e. The summed E-state index contributed by atoms with van der Waals surface area (Å²) in [5.74, 6) is -5.35. The van der Waals surface area contributed by atoms with E-state index in [9.17, 15) is 47.9 Å². The molecule has 28 nitrogen and oxygen atoms in total. The predicted molar refractivity (Wildman–Crippen MR) is 497 cm³/mol. The van der Waals surface area contributed by atoms with E-state index in [1.807, 2.05) is 171 Å². The summed E-state index contributed by atoms with van der Waals surface area (Å²) >= 11 is 5.06. The number of aryl methyl sites for hydroxylation is 1. The van der Waals surface area contributed by atoms with Crippen molar-refractivity contribution in [1.29, 1.82) is 0 Å². The molecule has 5 heterocycles. The number of rotatable bonds is 39. The highest BCUT2D eigenvalue weighted by molar-refractivity contribution is 7.80. The fraction of sp³-hybridized carbons (Fsp3) is 0.434. The van der Waals surface area contributed by atoms with Gasteiger partial charge in [-0.05, 0) is 158 Å². The summed E-state index contributed by atoms with van der Waals surface area (Å²) < 4.78 is 32.9. The lowest BCUT2D eigenvalue weighted by molar-refractivity contribution is -0.176. The van der Waals surface area contributed by atoms with E-state index in [-0.39, 0.29) is 64.6 Å². The fourth-order valence-electron chi connectivity index (χ4n) is 16.3. The van der Waals surface area contributed by atoms with Crippen molar-refractivity contribution >= 4 is 126 Å². The van der Waals surface area contributed by atoms with Crippen LogP contribution in [0.3, 0.4) is 0 Å². The largest absolute Gasteiger partial charge is 0.469 e. The van der Waals surface area contributed by atoms with Crippen LogP contribution in [-0.2, 0) is 69.7 Å². The van der Waals surface area contributed by atoms with Gasteiger partial charge >= 0.3 is 23.9 Å². The van der Waals surface area contributed by atoms with Crippen molar-refractivity contribution in [3.63, 3.8) is 0 Å². The number of ether oxygens (including phenoxy) is 5. The molecule has 0 radical (unpaired) electrons. The lowest BCUT2D eigenvalue weighted by Gasteiger charge is -2.39. The minimum atomic E-state index is -1.64. The van der Waals surface area contributed by atoms with Crippen molar-refractivity contribution in [3.05, 3.63) is 203 Å². The van der Waals surface area contributed by atoms with Gasteiger partial charge in [-0.15, -0.1) is 0 Å². The molecular weight excluding hydrogens is 1650 g/mol. The van der Waals surface area contributed by atoms with E-state index in [0.29, 0.717) is 148 Å². The van der Waals surface area contributed by atoms with E-state index in [1.165, 1.54) is 34.7 Å². The third-order valence-electron chi connectivity index (χ3n) is 24.1. The van der Waals surface area contributed by atoms with Gasteiger partial charge in [0.2, 0.25) is 23.1 Å². The number of hydrogen-bond donors (Lipinski definition) is 0. The summed E-state index contributed by atoms with van der Waals surface area (Å²) in [5.41, 5.74) is 6.07. The maximum Gasteiger partial charge on any atom is 0.348 e. The number of hydrogen-bond acceptors (Lipinski definition) is 26. The number of para-hydroxylation sites is 2. The van der Waals surface area contributed by atoms with Gasteiger partial charge in [0.15, 0.2) is 11.6 Å². The van der Waals surface area contributed by atoms with E-state index in [4.69, 9.17) is 45.7 Å². The summed E-state index contributed by atoms with van der Waals surface area (Å²) in [6.45, 7) is 30.7. The summed E-state index contributed by atoms with van der Waals surface area (Å²) in [6, 6.07) is 43.7. The second kappa shape index (κ2) is 46.6. The summed E-state index contributed by atoms with van der Waals surface area (Å²) in [4.78, 5) is 155. The van der Waals surface area contributed by atoms with Gasteiger partial charge in [0, 0.05) is 162 Å². The molecule has 3 aliphatic rings. The number of benzene rings is 6. The number of thiocarbonyl (C=S) groups is 1. The van der Waals surface area contributed by atoms with E-state index >= 15 is 0 Å². The van der Waals surface area contributed by atoms with Crippen molar-refractivity contribution in [2.75, 3.05) is 113 Å². The van der Waals surface area contributed by atoms with Gasteiger partial charge in [0.05, 0.1) is 75.0 Å². The predicted octanol–water partition coefficient (Wildman–Crippen LogP) is 15.9. The molecule has 3 fully saturated rings. The Morgan fingerprint density at radius 2 is 0.953 bits per heavy atom. The standard InChI is InChI=1S/C36H49N5O5.C32H35N3O7S.C31H36N2O6/c1-7-38(8-2)20-19-31(37-46-33(42)26-39(9-3)10-4)34(43)27-15-17-28(18-16-27)41-25-30(29-13-11-12-14-32(29)41)35(44)36(5,6)40-21-23-45-24-22-40;1-5-23(43)18-29(37)42-33-26(19-28(36)40-4)30(38)21-10-12-22(13-11-21)35-20-25(24-8-6-7-9-27(24)35)31(39)32(2,3)34-14-16-41-17-15-34;1-5-33-20-26(29(35)27(32-39-21(2)34)18-22-12-8-6-9-13-22)25-19-23(16-17-28(25)33)30(36)31(37-3,38-4)24-14-10-7-11-15-24/h11-18,25H,7-10,19-24,26H2,1-6H3;6-13,20H,5,14-19H2,1-4H3;7,10-11,14-17,19-20,22H,5-6,8-9,12-13,18H2,1-4H3/b37-31+;33-26+;32-27+. The zero-order valence-corrected chi connectivity index (χ0v) is 76.9. The zero-order valence-electron chi connectivity index (χ0n) is 76.1. The SMILES string of the molecule is CCC(=S)CC(=O)O/N=C(\CC(=O)OC)C(=O)c1ccc(-n2cc(C(=O)C(C)(C)N3CCOCC3)c3ccccc32)cc1.CCN(CC)CC/C(=N\OC(=O)CN(CC)CC)C(=O)c1ccc(-n2cc(C(=O)C(C)(C)N3CCOCC3)c3ccccc32)cc1.CCn1cc(C(=O)/C(CC2CCCCC2)=N/OC(C)=O)c2cc(C(=O)C(OC)(OC)c3ccccc3)ccc21. The molecule has 0 amide bonds. The molecule has 12 rings (SSSR count). The highest BCUT2D eigenvalue weighted by Gasteiger charge is 2.43.